The maximum Gasteiger partial charge on any atom is 0.338 e. The first-order valence-corrected chi connectivity index (χ1v) is 9.73. The van der Waals surface area contributed by atoms with Gasteiger partial charge in [0.25, 0.3) is 5.91 Å². The van der Waals surface area contributed by atoms with Crippen molar-refractivity contribution in [3.05, 3.63) is 87.8 Å². The van der Waals surface area contributed by atoms with Gasteiger partial charge in [-0.1, -0.05) is 18.2 Å². The molecular weight excluding hydrogens is 358 g/mol. The highest BCUT2D eigenvalue weighted by Crippen LogP contribution is 2.16. The molecule has 1 aliphatic rings. The molecule has 1 aliphatic heterocycles. The van der Waals surface area contributed by atoms with Gasteiger partial charge < -0.3 is 9.64 Å². The van der Waals surface area contributed by atoms with E-state index >= 15 is 0 Å². The Morgan fingerprint density at radius 3 is 2.63 bits per heavy atom. The number of carbonyl (C=O) groups excluding carboxylic acids is 2. The molecule has 0 atom stereocenters. The summed E-state index contributed by atoms with van der Waals surface area (Å²) in [4.78, 5) is 27.3. The molecule has 5 heteroatoms. The molecule has 0 spiro atoms. The van der Waals surface area contributed by atoms with Gasteiger partial charge in [0.1, 0.15) is 0 Å². The molecule has 0 N–H and O–H groups in total. The quantitative estimate of drug-likeness (QED) is 0.693. The van der Waals surface area contributed by atoms with Crippen LogP contribution in [0.15, 0.2) is 71.8 Å². The van der Waals surface area contributed by atoms with E-state index in [2.05, 4.69) is 24.3 Å². The Labute approximate surface area is 163 Å². The molecule has 4 nitrogen and oxygen atoms in total. The van der Waals surface area contributed by atoms with Crippen LogP contribution in [0.4, 0.5) is 0 Å². The molecule has 27 heavy (non-hydrogen) atoms. The summed E-state index contributed by atoms with van der Waals surface area (Å²) in [6, 6.07) is 10.7. The fourth-order valence-electron chi connectivity index (χ4n) is 2.68. The highest BCUT2D eigenvalue weighted by Gasteiger charge is 2.15. The minimum Gasteiger partial charge on any atom is -0.462 e. The maximum absolute atomic E-state index is 12.7. The number of hydrogen-bond acceptors (Lipinski definition) is 4. The Morgan fingerprint density at radius 2 is 1.93 bits per heavy atom. The maximum atomic E-state index is 12.7. The lowest BCUT2D eigenvalue weighted by atomic mass is 10.1. The zero-order valence-corrected chi connectivity index (χ0v) is 15.9. The molecule has 0 aliphatic carbocycles. The lowest BCUT2D eigenvalue weighted by molar-refractivity contribution is 0.0526. The number of esters is 1. The summed E-state index contributed by atoms with van der Waals surface area (Å²) in [6.07, 6.45) is 10.8. The number of benzene rings is 1. The van der Waals surface area contributed by atoms with Crippen LogP contribution in [0.1, 0.15) is 38.9 Å². The Balaban J connectivity index is 1.65. The van der Waals surface area contributed by atoms with E-state index in [1.165, 1.54) is 4.88 Å². The summed E-state index contributed by atoms with van der Waals surface area (Å²) in [6.45, 7) is 2.71. The first-order chi connectivity index (χ1) is 13.2. The average Bonchev–Trinajstić information content (AvgIpc) is 3.10. The summed E-state index contributed by atoms with van der Waals surface area (Å²) in [7, 11) is 0. The summed E-state index contributed by atoms with van der Waals surface area (Å²) in [5.74, 6) is -0.462. The molecule has 0 saturated heterocycles. The Hall–Kier alpha value is -2.92. The summed E-state index contributed by atoms with van der Waals surface area (Å²) < 4.78 is 4.96. The number of ether oxygens (including phenoxy) is 1. The van der Waals surface area contributed by atoms with Crippen LogP contribution in [0.3, 0.4) is 0 Å². The number of thiophene rings is 1. The molecule has 1 aromatic carbocycles. The van der Waals surface area contributed by atoms with Gasteiger partial charge in [-0.2, -0.15) is 0 Å². The van der Waals surface area contributed by atoms with E-state index in [0.29, 0.717) is 24.3 Å². The Kier molecular flexibility index (Phi) is 6.39. The Bertz CT molecular complexity index is 877. The van der Waals surface area contributed by atoms with E-state index < -0.39 is 0 Å². The van der Waals surface area contributed by atoms with Gasteiger partial charge in [0, 0.05) is 23.2 Å². The van der Waals surface area contributed by atoms with E-state index in [1.807, 2.05) is 23.7 Å². The smallest absolute Gasteiger partial charge is 0.338 e. The molecule has 138 valence electrons. The van der Waals surface area contributed by atoms with Crippen molar-refractivity contribution < 1.29 is 14.3 Å². The third-order valence-corrected chi connectivity index (χ3v) is 4.92. The van der Waals surface area contributed by atoms with E-state index in [4.69, 9.17) is 4.74 Å². The van der Waals surface area contributed by atoms with Gasteiger partial charge in [0.05, 0.1) is 12.2 Å². The van der Waals surface area contributed by atoms with Crippen molar-refractivity contribution >= 4 is 29.3 Å². The van der Waals surface area contributed by atoms with E-state index in [0.717, 1.165) is 12.0 Å². The predicted molar refractivity (Wildman–Crippen MR) is 109 cm³/mol. The molecule has 0 radical (unpaired) electrons. The van der Waals surface area contributed by atoms with Crippen molar-refractivity contribution in [3.8, 4) is 0 Å². The minimum atomic E-state index is -0.377. The van der Waals surface area contributed by atoms with Crippen molar-refractivity contribution in [2.45, 2.75) is 13.3 Å². The van der Waals surface area contributed by atoms with Crippen molar-refractivity contribution in [3.63, 3.8) is 0 Å². The van der Waals surface area contributed by atoms with Gasteiger partial charge in [0.2, 0.25) is 0 Å². The summed E-state index contributed by atoms with van der Waals surface area (Å²) >= 11 is 1.69. The molecule has 0 saturated carbocycles. The normalized spacial score (nSPS) is 14.1. The fourth-order valence-corrected chi connectivity index (χ4v) is 3.29. The second-order valence-corrected chi connectivity index (χ2v) is 6.93. The SMILES string of the molecule is CCOC(=O)c1ccc(C(=O)N2C=CC(/C=C/c3cccs3)=CCC2)cc1. The molecule has 3 rings (SSSR count). The minimum absolute atomic E-state index is 0.0847. The molecule has 2 aromatic rings. The van der Waals surface area contributed by atoms with Crippen molar-refractivity contribution in [2.24, 2.45) is 0 Å². The molecule has 0 bridgehead atoms. The van der Waals surface area contributed by atoms with Gasteiger partial charge in [-0.15, -0.1) is 11.3 Å². The van der Waals surface area contributed by atoms with E-state index in [1.54, 1.807) is 47.4 Å². The van der Waals surface area contributed by atoms with Crippen LogP contribution in [0, 0.1) is 0 Å². The number of amides is 1. The Morgan fingerprint density at radius 1 is 1.15 bits per heavy atom. The first kappa shape index (κ1) is 18.9. The lowest BCUT2D eigenvalue weighted by Gasteiger charge is -2.16. The van der Waals surface area contributed by atoms with Crippen LogP contribution in [-0.2, 0) is 4.74 Å². The van der Waals surface area contributed by atoms with Crippen LogP contribution in [0.2, 0.25) is 0 Å². The first-order valence-electron chi connectivity index (χ1n) is 8.85. The average molecular weight is 379 g/mol. The van der Waals surface area contributed by atoms with Gasteiger partial charge in [-0.25, -0.2) is 4.79 Å². The molecular formula is C22H21NO3S. The van der Waals surface area contributed by atoms with Crippen LogP contribution in [0.25, 0.3) is 6.08 Å². The van der Waals surface area contributed by atoms with Gasteiger partial charge in [-0.05, 0) is 66.8 Å². The third-order valence-electron chi connectivity index (χ3n) is 4.08. The zero-order chi connectivity index (χ0) is 19.1. The fraction of sp³-hybridized carbons (Fsp3) is 0.182. The predicted octanol–water partition coefficient (Wildman–Crippen LogP) is 4.92. The van der Waals surface area contributed by atoms with Crippen molar-refractivity contribution in [1.82, 2.24) is 4.90 Å². The standard InChI is InChI=1S/C22H21NO3S/c1-2-26-22(25)19-10-8-18(9-11-19)21(24)23-14-3-5-17(13-15-23)7-12-20-6-4-16-27-20/h4-13,15-16H,2-3,14H2,1H3/b12-7+. The second kappa shape index (κ2) is 9.14. The van der Waals surface area contributed by atoms with Crippen molar-refractivity contribution in [2.75, 3.05) is 13.2 Å². The van der Waals surface area contributed by atoms with Gasteiger partial charge in [-0.3, -0.25) is 4.79 Å². The third kappa shape index (κ3) is 5.05. The van der Waals surface area contributed by atoms with Crippen LogP contribution < -0.4 is 0 Å². The largest absolute Gasteiger partial charge is 0.462 e. The van der Waals surface area contributed by atoms with Crippen LogP contribution >= 0.6 is 11.3 Å². The van der Waals surface area contributed by atoms with Gasteiger partial charge in [0.15, 0.2) is 0 Å². The summed E-state index contributed by atoms with van der Waals surface area (Å²) in [5, 5.41) is 2.05. The highest BCUT2D eigenvalue weighted by atomic mass is 32.1. The number of carbonyl (C=O) groups is 2. The molecule has 1 amide bonds. The molecule has 0 unspecified atom stereocenters. The van der Waals surface area contributed by atoms with E-state index in [-0.39, 0.29) is 11.9 Å². The molecule has 2 heterocycles. The van der Waals surface area contributed by atoms with Crippen LogP contribution in [0.5, 0.6) is 0 Å². The molecule has 1 aromatic heterocycles. The number of allylic oxidation sites excluding steroid dienone is 3. The second-order valence-electron chi connectivity index (χ2n) is 5.95. The van der Waals surface area contributed by atoms with Gasteiger partial charge >= 0.3 is 5.97 Å². The highest BCUT2D eigenvalue weighted by molar-refractivity contribution is 7.10. The van der Waals surface area contributed by atoms with E-state index in [9.17, 15) is 9.59 Å². The zero-order valence-electron chi connectivity index (χ0n) is 15.1. The topological polar surface area (TPSA) is 46.6 Å². The molecule has 0 fully saturated rings. The number of nitrogens with zero attached hydrogens (tertiary/aromatic N) is 1. The van der Waals surface area contributed by atoms with Crippen LogP contribution in [-0.4, -0.2) is 29.9 Å². The number of hydrogen-bond donors (Lipinski definition) is 0. The lowest BCUT2D eigenvalue weighted by Crippen LogP contribution is -2.26. The number of rotatable bonds is 5. The monoisotopic (exact) mass is 379 g/mol. The van der Waals surface area contributed by atoms with Crippen molar-refractivity contribution in [1.29, 1.82) is 0 Å². The summed E-state index contributed by atoms with van der Waals surface area (Å²) in [5.41, 5.74) is 2.07.